The van der Waals surface area contributed by atoms with E-state index in [4.69, 9.17) is 0 Å². The van der Waals surface area contributed by atoms with Gasteiger partial charge in [-0.25, -0.2) is 9.97 Å². The van der Waals surface area contributed by atoms with Gasteiger partial charge in [0, 0.05) is 19.3 Å². The average Bonchev–Trinajstić information content (AvgIpc) is 2.39. The first-order valence-corrected chi connectivity index (χ1v) is 6.72. The van der Waals surface area contributed by atoms with Gasteiger partial charge in [0.2, 0.25) is 0 Å². The van der Waals surface area contributed by atoms with Gasteiger partial charge in [-0.2, -0.15) is 0 Å². The second-order valence-electron chi connectivity index (χ2n) is 4.71. The van der Waals surface area contributed by atoms with Crippen LogP contribution in [0.15, 0.2) is 18.3 Å². The summed E-state index contributed by atoms with van der Waals surface area (Å²) < 4.78 is 0. The standard InChI is InChI=1S/C14H21N3O/c1-2-3-4-7-13-15-9-8-14(16-13)17-10-5-6-12(18)11-17/h4,7-9,12,18H,2-3,5-6,10-11H2,1H3. The van der Waals surface area contributed by atoms with E-state index in [2.05, 4.69) is 27.9 Å². The van der Waals surface area contributed by atoms with Crippen LogP contribution in [0, 0.1) is 0 Å². The molecule has 4 heteroatoms. The Morgan fingerprint density at radius 3 is 3.22 bits per heavy atom. The predicted octanol–water partition coefficient (Wildman–Crippen LogP) is 2.25. The number of aromatic nitrogens is 2. The van der Waals surface area contributed by atoms with Crippen molar-refractivity contribution in [2.24, 2.45) is 0 Å². The third-order valence-corrected chi connectivity index (χ3v) is 3.10. The number of aliphatic hydroxyl groups is 1. The number of rotatable bonds is 4. The zero-order chi connectivity index (χ0) is 12.8. The van der Waals surface area contributed by atoms with Crippen molar-refractivity contribution in [3.63, 3.8) is 0 Å². The molecule has 1 aromatic heterocycles. The Labute approximate surface area is 108 Å². The Morgan fingerprint density at radius 2 is 2.44 bits per heavy atom. The summed E-state index contributed by atoms with van der Waals surface area (Å²) in [7, 11) is 0. The first-order valence-electron chi connectivity index (χ1n) is 6.72. The van der Waals surface area contributed by atoms with Gasteiger partial charge >= 0.3 is 0 Å². The van der Waals surface area contributed by atoms with Crippen LogP contribution in [0.2, 0.25) is 0 Å². The molecule has 0 aliphatic carbocycles. The third kappa shape index (κ3) is 3.53. The average molecular weight is 247 g/mol. The summed E-state index contributed by atoms with van der Waals surface area (Å²) in [6.45, 7) is 3.79. The number of nitrogens with zero attached hydrogens (tertiary/aromatic N) is 3. The minimum atomic E-state index is -0.229. The Balaban J connectivity index is 2.06. The van der Waals surface area contributed by atoms with Gasteiger partial charge in [-0.3, -0.25) is 0 Å². The summed E-state index contributed by atoms with van der Waals surface area (Å²) in [6.07, 6.45) is 9.72. The van der Waals surface area contributed by atoms with Crippen molar-refractivity contribution in [1.29, 1.82) is 0 Å². The fourth-order valence-corrected chi connectivity index (χ4v) is 2.14. The van der Waals surface area contributed by atoms with Crippen molar-refractivity contribution in [2.45, 2.75) is 38.7 Å². The van der Waals surface area contributed by atoms with Gasteiger partial charge in [0.25, 0.3) is 0 Å². The van der Waals surface area contributed by atoms with Crippen LogP contribution in [0.5, 0.6) is 0 Å². The largest absolute Gasteiger partial charge is 0.391 e. The molecule has 2 heterocycles. The lowest BCUT2D eigenvalue weighted by atomic mass is 10.1. The topological polar surface area (TPSA) is 49.2 Å². The zero-order valence-electron chi connectivity index (χ0n) is 10.9. The smallest absolute Gasteiger partial charge is 0.153 e. The lowest BCUT2D eigenvalue weighted by Gasteiger charge is -2.30. The van der Waals surface area contributed by atoms with Crippen LogP contribution in [-0.2, 0) is 0 Å². The highest BCUT2D eigenvalue weighted by Crippen LogP contribution is 2.17. The number of β-amino-alcohol motifs (C(OH)–C–C–N with tert-alkyl or cyclic N) is 1. The van der Waals surface area contributed by atoms with E-state index in [9.17, 15) is 5.11 Å². The summed E-state index contributed by atoms with van der Waals surface area (Å²) in [5.74, 6) is 1.67. The SMILES string of the molecule is CCCC=Cc1nccc(N2CCCC(O)C2)n1. The normalized spacial score (nSPS) is 20.6. The Kier molecular flexibility index (Phi) is 4.70. The summed E-state index contributed by atoms with van der Waals surface area (Å²) in [5, 5.41) is 9.68. The lowest BCUT2D eigenvalue weighted by molar-refractivity contribution is 0.154. The van der Waals surface area contributed by atoms with Crippen LogP contribution in [-0.4, -0.2) is 34.3 Å². The fourth-order valence-electron chi connectivity index (χ4n) is 2.14. The molecule has 1 aromatic rings. The number of aliphatic hydroxyl groups excluding tert-OH is 1. The van der Waals surface area contributed by atoms with E-state index in [-0.39, 0.29) is 6.10 Å². The van der Waals surface area contributed by atoms with Crippen molar-refractivity contribution in [1.82, 2.24) is 9.97 Å². The number of allylic oxidation sites excluding steroid dienone is 1. The van der Waals surface area contributed by atoms with Crippen LogP contribution in [0.4, 0.5) is 5.82 Å². The monoisotopic (exact) mass is 247 g/mol. The molecule has 1 saturated heterocycles. The number of anilines is 1. The first kappa shape index (κ1) is 13.0. The summed E-state index contributed by atoms with van der Waals surface area (Å²) >= 11 is 0. The van der Waals surface area contributed by atoms with Gasteiger partial charge in [-0.1, -0.05) is 19.4 Å². The fraction of sp³-hybridized carbons (Fsp3) is 0.571. The van der Waals surface area contributed by atoms with Crippen molar-refractivity contribution in [3.05, 3.63) is 24.2 Å². The molecular formula is C14H21N3O. The quantitative estimate of drug-likeness (QED) is 0.886. The maximum absolute atomic E-state index is 9.68. The van der Waals surface area contributed by atoms with E-state index in [0.29, 0.717) is 6.54 Å². The number of piperidine rings is 1. The highest BCUT2D eigenvalue weighted by Gasteiger charge is 2.18. The van der Waals surface area contributed by atoms with Crippen LogP contribution in [0.1, 0.15) is 38.4 Å². The molecule has 0 radical (unpaired) electrons. The Hall–Kier alpha value is -1.42. The molecule has 0 bridgehead atoms. The molecule has 0 amide bonds. The molecule has 1 unspecified atom stereocenters. The molecule has 0 spiro atoms. The van der Waals surface area contributed by atoms with Crippen molar-refractivity contribution in [2.75, 3.05) is 18.0 Å². The van der Waals surface area contributed by atoms with E-state index in [0.717, 1.165) is 43.9 Å². The lowest BCUT2D eigenvalue weighted by Crippen LogP contribution is -2.38. The van der Waals surface area contributed by atoms with E-state index < -0.39 is 0 Å². The predicted molar refractivity (Wildman–Crippen MR) is 73.4 cm³/mol. The van der Waals surface area contributed by atoms with E-state index in [1.807, 2.05) is 12.1 Å². The van der Waals surface area contributed by atoms with Gasteiger partial charge in [-0.15, -0.1) is 0 Å². The molecule has 1 atom stereocenters. The van der Waals surface area contributed by atoms with Crippen molar-refractivity contribution >= 4 is 11.9 Å². The molecule has 1 aliphatic heterocycles. The highest BCUT2D eigenvalue weighted by atomic mass is 16.3. The summed E-state index contributed by atoms with van der Waals surface area (Å²) in [6, 6.07) is 1.91. The number of hydrogen-bond acceptors (Lipinski definition) is 4. The van der Waals surface area contributed by atoms with Gasteiger partial charge < -0.3 is 10.0 Å². The molecule has 1 fully saturated rings. The third-order valence-electron chi connectivity index (χ3n) is 3.10. The Morgan fingerprint density at radius 1 is 1.56 bits per heavy atom. The second-order valence-corrected chi connectivity index (χ2v) is 4.71. The minimum Gasteiger partial charge on any atom is -0.391 e. The minimum absolute atomic E-state index is 0.229. The molecular weight excluding hydrogens is 226 g/mol. The molecule has 18 heavy (non-hydrogen) atoms. The second kappa shape index (κ2) is 6.50. The van der Waals surface area contributed by atoms with Gasteiger partial charge in [0.05, 0.1) is 6.10 Å². The van der Waals surface area contributed by atoms with Crippen molar-refractivity contribution in [3.8, 4) is 0 Å². The van der Waals surface area contributed by atoms with Gasteiger partial charge in [0.1, 0.15) is 5.82 Å². The van der Waals surface area contributed by atoms with E-state index in [1.54, 1.807) is 6.20 Å². The Bertz CT molecular complexity index is 406. The van der Waals surface area contributed by atoms with Gasteiger partial charge in [-0.05, 0) is 31.4 Å². The van der Waals surface area contributed by atoms with Crippen molar-refractivity contribution < 1.29 is 5.11 Å². The number of hydrogen-bond donors (Lipinski definition) is 1. The molecule has 1 aliphatic rings. The summed E-state index contributed by atoms with van der Waals surface area (Å²) in [5.41, 5.74) is 0. The first-order chi connectivity index (χ1) is 8.79. The molecule has 0 saturated carbocycles. The van der Waals surface area contributed by atoms with E-state index >= 15 is 0 Å². The molecule has 0 aromatic carbocycles. The molecule has 1 N–H and O–H groups in total. The van der Waals surface area contributed by atoms with Crippen LogP contribution < -0.4 is 4.90 Å². The molecule has 4 nitrogen and oxygen atoms in total. The zero-order valence-corrected chi connectivity index (χ0v) is 10.9. The summed E-state index contributed by atoms with van der Waals surface area (Å²) in [4.78, 5) is 10.9. The van der Waals surface area contributed by atoms with Crippen LogP contribution >= 0.6 is 0 Å². The van der Waals surface area contributed by atoms with Crippen LogP contribution in [0.25, 0.3) is 6.08 Å². The molecule has 98 valence electrons. The maximum atomic E-state index is 9.68. The van der Waals surface area contributed by atoms with Crippen LogP contribution in [0.3, 0.4) is 0 Å². The molecule has 2 rings (SSSR count). The highest BCUT2D eigenvalue weighted by molar-refractivity contribution is 5.46. The maximum Gasteiger partial charge on any atom is 0.153 e. The van der Waals surface area contributed by atoms with Gasteiger partial charge in [0.15, 0.2) is 5.82 Å². The van der Waals surface area contributed by atoms with E-state index in [1.165, 1.54) is 0 Å². The number of unbranched alkanes of at least 4 members (excludes halogenated alkanes) is 1.